The van der Waals surface area contributed by atoms with Gasteiger partial charge in [-0.15, -0.1) is 0 Å². The molecule has 6 nitrogen and oxygen atoms in total. The van der Waals surface area contributed by atoms with E-state index in [2.05, 4.69) is 14.2 Å². The first kappa shape index (κ1) is 12.7. The fourth-order valence-electron chi connectivity index (χ4n) is 0.673. The molecule has 1 atom stereocenters. The van der Waals surface area contributed by atoms with Crippen molar-refractivity contribution in [2.75, 3.05) is 13.2 Å². The van der Waals surface area contributed by atoms with Crippen LogP contribution in [0.3, 0.4) is 0 Å². The topological polar surface area (TPSA) is 87.9 Å². The highest BCUT2D eigenvalue weighted by molar-refractivity contribution is 5.69. The molecule has 6 heteroatoms. The standard InChI is InChI=1S/C8H15NO5/c1-3-12-8(11)14-6(2)13-7(10)4-5-9/h6H,3-5,9H2,1-2H3. The Hall–Kier alpha value is -1.30. The molecule has 0 heterocycles. The molecule has 0 amide bonds. The van der Waals surface area contributed by atoms with Gasteiger partial charge in [0.2, 0.25) is 6.29 Å². The second kappa shape index (κ2) is 7.14. The van der Waals surface area contributed by atoms with Gasteiger partial charge in [0.25, 0.3) is 0 Å². The summed E-state index contributed by atoms with van der Waals surface area (Å²) in [6, 6.07) is 0. The van der Waals surface area contributed by atoms with E-state index in [-0.39, 0.29) is 19.6 Å². The molecule has 0 fully saturated rings. The number of carbonyl (C=O) groups is 2. The molecule has 0 radical (unpaired) electrons. The first-order chi connectivity index (χ1) is 6.60. The molecule has 0 saturated heterocycles. The van der Waals surface area contributed by atoms with Crippen molar-refractivity contribution in [1.82, 2.24) is 0 Å². The van der Waals surface area contributed by atoms with Gasteiger partial charge in [0.15, 0.2) is 0 Å². The van der Waals surface area contributed by atoms with Crippen LogP contribution in [-0.4, -0.2) is 31.6 Å². The van der Waals surface area contributed by atoms with Gasteiger partial charge in [-0.1, -0.05) is 0 Å². The summed E-state index contributed by atoms with van der Waals surface area (Å²) in [5.74, 6) is -0.510. The lowest BCUT2D eigenvalue weighted by molar-refractivity contribution is -0.167. The van der Waals surface area contributed by atoms with Crippen LogP contribution in [0.4, 0.5) is 4.79 Å². The van der Waals surface area contributed by atoms with Gasteiger partial charge in [0.05, 0.1) is 13.0 Å². The number of hydrogen-bond donors (Lipinski definition) is 1. The van der Waals surface area contributed by atoms with E-state index in [0.717, 1.165) is 0 Å². The summed E-state index contributed by atoms with van der Waals surface area (Å²) in [5, 5.41) is 0. The van der Waals surface area contributed by atoms with Crippen LogP contribution in [-0.2, 0) is 19.0 Å². The SMILES string of the molecule is CCOC(=O)OC(C)OC(=O)CCN. The molecule has 1 unspecified atom stereocenters. The van der Waals surface area contributed by atoms with E-state index in [9.17, 15) is 9.59 Å². The lowest BCUT2D eigenvalue weighted by atomic mass is 10.4. The third-order valence-electron chi connectivity index (χ3n) is 1.17. The Kier molecular flexibility index (Phi) is 6.47. The number of rotatable bonds is 5. The molecule has 0 spiro atoms. The van der Waals surface area contributed by atoms with Crippen molar-refractivity contribution in [3.8, 4) is 0 Å². The van der Waals surface area contributed by atoms with E-state index in [4.69, 9.17) is 5.73 Å². The van der Waals surface area contributed by atoms with Gasteiger partial charge in [0.1, 0.15) is 0 Å². The average Bonchev–Trinajstić information content (AvgIpc) is 2.03. The molecule has 0 aromatic rings. The largest absolute Gasteiger partial charge is 0.511 e. The summed E-state index contributed by atoms with van der Waals surface area (Å²) in [6.07, 6.45) is -1.72. The molecular formula is C8H15NO5. The van der Waals surface area contributed by atoms with Crippen molar-refractivity contribution in [1.29, 1.82) is 0 Å². The van der Waals surface area contributed by atoms with Crippen LogP contribution in [0, 0.1) is 0 Å². The highest BCUT2D eigenvalue weighted by Crippen LogP contribution is 1.98. The first-order valence-electron chi connectivity index (χ1n) is 4.33. The number of hydrogen-bond acceptors (Lipinski definition) is 6. The molecule has 0 aliphatic heterocycles. The van der Waals surface area contributed by atoms with Crippen LogP contribution in [0.15, 0.2) is 0 Å². The van der Waals surface area contributed by atoms with E-state index in [1.807, 2.05) is 0 Å². The maximum atomic E-state index is 10.9. The van der Waals surface area contributed by atoms with Gasteiger partial charge in [-0.05, 0) is 6.92 Å². The predicted octanol–water partition coefficient (Wildman–Crippen LogP) is 0.398. The molecule has 0 aromatic heterocycles. The van der Waals surface area contributed by atoms with Crippen LogP contribution < -0.4 is 5.73 Å². The Bertz CT molecular complexity index is 174. The number of carbonyl (C=O) groups excluding carboxylic acids is 2. The van der Waals surface area contributed by atoms with Gasteiger partial charge in [-0.3, -0.25) is 4.79 Å². The summed E-state index contributed by atoms with van der Waals surface area (Å²) in [6.45, 7) is 3.48. The van der Waals surface area contributed by atoms with E-state index in [1.54, 1.807) is 6.92 Å². The smallest absolute Gasteiger partial charge is 0.435 e. The third kappa shape index (κ3) is 6.24. The summed E-state index contributed by atoms with van der Waals surface area (Å²) in [4.78, 5) is 21.6. The molecule has 0 saturated carbocycles. The zero-order chi connectivity index (χ0) is 11.0. The van der Waals surface area contributed by atoms with Crippen LogP contribution in [0.1, 0.15) is 20.3 Å². The molecule has 82 valence electrons. The molecule has 14 heavy (non-hydrogen) atoms. The maximum absolute atomic E-state index is 10.9. The minimum atomic E-state index is -0.951. The number of ether oxygens (including phenoxy) is 3. The van der Waals surface area contributed by atoms with Crippen LogP contribution >= 0.6 is 0 Å². The summed E-state index contributed by atoms with van der Waals surface area (Å²) in [5.41, 5.74) is 5.12. The van der Waals surface area contributed by atoms with Crippen LogP contribution in [0.5, 0.6) is 0 Å². The van der Waals surface area contributed by atoms with Gasteiger partial charge < -0.3 is 19.9 Å². The van der Waals surface area contributed by atoms with Crippen molar-refractivity contribution >= 4 is 12.1 Å². The van der Waals surface area contributed by atoms with E-state index in [0.29, 0.717) is 0 Å². The predicted molar refractivity (Wildman–Crippen MR) is 47.3 cm³/mol. The molecule has 0 rings (SSSR count). The molecule has 0 aliphatic carbocycles. The second-order valence-corrected chi connectivity index (χ2v) is 2.40. The summed E-state index contributed by atoms with van der Waals surface area (Å²) < 4.78 is 13.7. The maximum Gasteiger partial charge on any atom is 0.511 e. The van der Waals surface area contributed by atoms with Crippen molar-refractivity contribution in [2.45, 2.75) is 26.6 Å². The fourth-order valence-corrected chi connectivity index (χ4v) is 0.673. The Labute approximate surface area is 82.3 Å². The lowest BCUT2D eigenvalue weighted by Gasteiger charge is -2.12. The third-order valence-corrected chi connectivity index (χ3v) is 1.17. The minimum absolute atomic E-state index is 0.0938. The summed E-state index contributed by atoms with van der Waals surface area (Å²) in [7, 11) is 0. The summed E-state index contributed by atoms with van der Waals surface area (Å²) >= 11 is 0. The zero-order valence-electron chi connectivity index (χ0n) is 8.32. The molecule has 2 N–H and O–H groups in total. The fraction of sp³-hybridized carbons (Fsp3) is 0.750. The molecule has 0 aromatic carbocycles. The van der Waals surface area contributed by atoms with Crippen molar-refractivity contribution in [3.05, 3.63) is 0 Å². The number of esters is 1. The van der Waals surface area contributed by atoms with E-state index >= 15 is 0 Å². The van der Waals surface area contributed by atoms with Crippen molar-refractivity contribution < 1.29 is 23.8 Å². The highest BCUT2D eigenvalue weighted by atomic mass is 16.8. The van der Waals surface area contributed by atoms with E-state index in [1.165, 1.54) is 6.92 Å². The monoisotopic (exact) mass is 205 g/mol. The number of nitrogens with two attached hydrogens (primary N) is 1. The average molecular weight is 205 g/mol. The Morgan fingerprint density at radius 1 is 1.36 bits per heavy atom. The Balaban J connectivity index is 3.68. The highest BCUT2D eigenvalue weighted by Gasteiger charge is 2.13. The van der Waals surface area contributed by atoms with Gasteiger partial charge in [0, 0.05) is 13.5 Å². The van der Waals surface area contributed by atoms with Gasteiger partial charge >= 0.3 is 12.1 Å². The normalized spacial score (nSPS) is 11.6. The zero-order valence-corrected chi connectivity index (χ0v) is 8.32. The van der Waals surface area contributed by atoms with Crippen LogP contribution in [0.2, 0.25) is 0 Å². The van der Waals surface area contributed by atoms with Gasteiger partial charge in [-0.2, -0.15) is 0 Å². The van der Waals surface area contributed by atoms with Crippen molar-refractivity contribution in [2.24, 2.45) is 5.73 Å². The molecule has 0 bridgehead atoms. The van der Waals surface area contributed by atoms with E-state index < -0.39 is 18.4 Å². The Morgan fingerprint density at radius 2 is 2.00 bits per heavy atom. The lowest BCUT2D eigenvalue weighted by Crippen LogP contribution is -2.23. The minimum Gasteiger partial charge on any atom is -0.435 e. The Morgan fingerprint density at radius 3 is 2.50 bits per heavy atom. The molecular weight excluding hydrogens is 190 g/mol. The molecule has 0 aliphatic rings. The van der Waals surface area contributed by atoms with Crippen LogP contribution in [0.25, 0.3) is 0 Å². The quantitative estimate of drug-likeness (QED) is 0.516. The first-order valence-corrected chi connectivity index (χ1v) is 4.33. The van der Waals surface area contributed by atoms with Gasteiger partial charge in [-0.25, -0.2) is 4.79 Å². The second-order valence-electron chi connectivity index (χ2n) is 2.40. The van der Waals surface area contributed by atoms with Crippen molar-refractivity contribution in [3.63, 3.8) is 0 Å².